The molecule has 0 unspecified atom stereocenters. The van der Waals surface area contributed by atoms with Crippen molar-refractivity contribution in [2.24, 2.45) is 0 Å². The van der Waals surface area contributed by atoms with E-state index in [0.717, 1.165) is 5.56 Å². The Labute approximate surface area is 154 Å². The van der Waals surface area contributed by atoms with E-state index in [-0.39, 0.29) is 33.8 Å². The van der Waals surface area contributed by atoms with Crippen molar-refractivity contribution >= 4 is 39.4 Å². The molecular formula is C16H13Cl2NO5S. The van der Waals surface area contributed by atoms with E-state index in [2.05, 4.69) is 0 Å². The number of ether oxygens (including phenoxy) is 1. The molecule has 0 aromatic heterocycles. The van der Waals surface area contributed by atoms with Gasteiger partial charge in [-0.15, -0.1) is 0 Å². The molecule has 0 saturated carbocycles. The summed E-state index contributed by atoms with van der Waals surface area (Å²) in [5, 5.41) is 8.96. The number of nitrogens with zero attached hydrogens (tertiary/aromatic N) is 1. The molecule has 1 aliphatic rings. The molecule has 2 aromatic carbocycles. The van der Waals surface area contributed by atoms with Gasteiger partial charge in [0, 0.05) is 18.7 Å². The van der Waals surface area contributed by atoms with Gasteiger partial charge in [-0.1, -0.05) is 41.4 Å². The van der Waals surface area contributed by atoms with Gasteiger partial charge >= 0.3 is 6.16 Å². The van der Waals surface area contributed by atoms with Crippen molar-refractivity contribution in [1.82, 2.24) is 4.31 Å². The Morgan fingerprint density at radius 3 is 2.60 bits per heavy atom. The Hall–Kier alpha value is -1.80. The lowest BCUT2D eigenvalue weighted by atomic mass is 10.0. The molecule has 0 atom stereocenters. The summed E-state index contributed by atoms with van der Waals surface area (Å²) < 4.78 is 31.9. The molecule has 0 amide bonds. The minimum atomic E-state index is -3.89. The van der Waals surface area contributed by atoms with Gasteiger partial charge in [0.25, 0.3) is 0 Å². The Kier molecular flexibility index (Phi) is 4.92. The summed E-state index contributed by atoms with van der Waals surface area (Å²) in [5.41, 5.74) is 1.38. The number of fused-ring (bicyclic) bond motifs is 1. The monoisotopic (exact) mass is 401 g/mol. The van der Waals surface area contributed by atoms with Gasteiger partial charge in [-0.25, -0.2) is 13.2 Å². The number of benzene rings is 2. The van der Waals surface area contributed by atoms with E-state index >= 15 is 0 Å². The van der Waals surface area contributed by atoms with Gasteiger partial charge in [-0.3, -0.25) is 0 Å². The molecule has 1 aliphatic heterocycles. The van der Waals surface area contributed by atoms with Crippen LogP contribution in [0.15, 0.2) is 41.3 Å². The molecule has 0 spiro atoms. The Balaban J connectivity index is 1.99. The van der Waals surface area contributed by atoms with Gasteiger partial charge in [0.2, 0.25) is 10.0 Å². The highest BCUT2D eigenvalue weighted by molar-refractivity contribution is 7.89. The van der Waals surface area contributed by atoms with E-state index in [4.69, 9.17) is 33.0 Å². The minimum Gasteiger partial charge on any atom is -0.449 e. The number of hydrogen-bond donors (Lipinski definition) is 1. The Morgan fingerprint density at radius 2 is 1.88 bits per heavy atom. The summed E-state index contributed by atoms with van der Waals surface area (Å²) in [6.45, 7) is 0.235. The number of hydrogen-bond acceptors (Lipinski definition) is 4. The first kappa shape index (κ1) is 18.0. The molecular weight excluding hydrogens is 389 g/mol. The van der Waals surface area contributed by atoms with E-state index in [1.54, 1.807) is 6.07 Å². The van der Waals surface area contributed by atoms with Gasteiger partial charge in [-0.05, 0) is 30.2 Å². The molecule has 1 N–H and O–H groups in total. The van der Waals surface area contributed by atoms with Crippen LogP contribution in [0.3, 0.4) is 0 Å². The second-order valence-corrected chi connectivity index (χ2v) is 8.09. The molecule has 6 nitrogen and oxygen atoms in total. The highest BCUT2D eigenvalue weighted by Gasteiger charge is 2.32. The molecule has 132 valence electrons. The van der Waals surface area contributed by atoms with Crippen LogP contribution in [-0.4, -0.2) is 30.5 Å². The van der Waals surface area contributed by atoms with Crippen LogP contribution >= 0.6 is 23.2 Å². The Bertz CT molecular complexity index is 946. The smallest absolute Gasteiger partial charge is 0.449 e. The largest absolute Gasteiger partial charge is 0.511 e. The van der Waals surface area contributed by atoms with Crippen molar-refractivity contribution in [3.05, 3.63) is 57.6 Å². The van der Waals surface area contributed by atoms with E-state index in [1.165, 1.54) is 28.6 Å². The van der Waals surface area contributed by atoms with Crippen LogP contribution in [0.4, 0.5) is 4.79 Å². The van der Waals surface area contributed by atoms with Crippen LogP contribution in [0.5, 0.6) is 5.75 Å². The molecule has 1 heterocycles. The van der Waals surface area contributed by atoms with Gasteiger partial charge in [0.1, 0.15) is 10.6 Å². The standard InChI is InChI=1S/C16H13Cl2NO5S/c17-12-4-2-6-14(15(12)18)25(22,23)19-8-7-10-3-1-5-13(11(10)9-19)24-16(20)21/h1-6H,7-9H2,(H,20,21). The highest BCUT2D eigenvalue weighted by Crippen LogP contribution is 2.35. The maximum absolute atomic E-state index is 12.9. The average molecular weight is 402 g/mol. The number of carbonyl (C=O) groups is 1. The van der Waals surface area contributed by atoms with Crippen molar-refractivity contribution in [1.29, 1.82) is 0 Å². The lowest BCUT2D eigenvalue weighted by Gasteiger charge is -2.29. The molecule has 9 heteroatoms. The predicted octanol–water partition coefficient (Wildman–Crippen LogP) is 3.80. The number of carboxylic acid groups (broad SMARTS) is 1. The number of sulfonamides is 1. The first-order chi connectivity index (χ1) is 11.8. The SMILES string of the molecule is O=C(O)Oc1cccc2c1CN(S(=O)(=O)c1cccc(Cl)c1Cl)CC2. The summed E-state index contributed by atoms with van der Waals surface area (Å²) in [7, 11) is -3.89. The van der Waals surface area contributed by atoms with Crippen LogP contribution in [0, 0.1) is 0 Å². The maximum atomic E-state index is 12.9. The minimum absolute atomic E-state index is 0.00996. The fourth-order valence-corrected chi connectivity index (χ4v) is 4.89. The molecule has 0 saturated heterocycles. The van der Waals surface area contributed by atoms with Crippen molar-refractivity contribution in [3.8, 4) is 5.75 Å². The van der Waals surface area contributed by atoms with E-state index in [0.29, 0.717) is 12.0 Å². The number of halogens is 2. The molecule has 2 aromatic rings. The zero-order chi connectivity index (χ0) is 18.2. The van der Waals surface area contributed by atoms with Crippen LogP contribution in [0.25, 0.3) is 0 Å². The summed E-state index contributed by atoms with van der Waals surface area (Å²) in [6.07, 6.45) is -1.02. The van der Waals surface area contributed by atoms with E-state index in [9.17, 15) is 13.2 Å². The van der Waals surface area contributed by atoms with Crippen molar-refractivity contribution in [2.45, 2.75) is 17.9 Å². The molecule has 0 bridgehead atoms. The zero-order valence-electron chi connectivity index (χ0n) is 12.8. The van der Waals surface area contributed by atoms with Crippen molar-refractivity contribution in [3.63, 3.8) is 0 Å². The lowest BCUT2D eigenvalue weighted by Crippen LogP contribution is -2.36. The van der Waals surface area contributed by atoms with Gasteiger partial charge < -0.3 is 9.84 Å². The summed E-state index contributed by atoms with van der Waals surface area (Å²) in [5.74, 6) is 0.127. The van der Waals surface area contributed by atoms with Crippen molar-refractivity contribution < 1.29 is 23.1 Å². The zero-order valence-corrected chi connectivity index (χ0v) is 15.1. The molecule has 0 fully saturated rings. The third kappa shape index (κ3) is 3.46. The molecule has 0 aliphatic carbocycles. The van der Waals surface area contributed by atoms with Crippen LogP contribution in [0.1, 0.15) is 11.1 Å². The van der Waals surface area contributed by atoms with Gasteiger partial charge in [0.15, 0.2) is 0 Å². The molecule has 0 radical (unpaired) electrons. The fourth-order valence-electron chi connectivity index (χ4n) is 2.74. The summed E-state index contributed by atoms with van der Waals surface area (Å²) in [4.78, 5) is 10.8. The summed E-state index contributed by atoms with van der Waals surface area (Å²) >= 11 is 12.0. The fraction of sp³-hybridized carbons (Fsp3) is 0.188. The third-order valence-electron chi connectivity index (χ3n) is 3.93. The van der Waals surface area contributed by atoms with Crippen LogP contribution in [0.2, 0.25) is 10.0 Å². The van der Waals surface area contributed by atoms with Gasteiger partial charge in [0.05, 0.1) is 10.0 Å². The highest BCUT2D eigenvalue weighted by atomic mass is 35.5. The van der Waals surface area contributed by atoms with Crippen LogP contribution < -0.4 is 4.74 Å². The second-order valence-electron chi connectivity index (χ2n) is 5.40. The average Bonchev–Trinajstić information content (AvgIpc) is 2.56. The number of rotatable bonds is 3. The quantitative estimate of drug-likeness (QED) is 0.624. The Morgan fingerprint density at radius 1 is 1.16 bits per heavy atom. The molecule has 25 heavy (non-hydrogen) atoms. The topological polar surface area (TPSA) is 83.9 Å². The predicted molar refractivity (Wildman–Crippen MR) is 92.9 cm³/mol. The first-order valence-electron chi connectivity index (χ1n) is 7.26. The molecule has 3 rings (SSSR count). The third-order valence-corrected chi connectivity index (χ3v) is 6.74. The van der Waals surface area contributed by atoms with E-state index in [1.807, 2.05) is 6.07 Å². The summed E-state index contributed by atoms with van der Waals surface area (Å²) in [6, 6.07) is 9.40. The lowest BCUT2D eigenvalue weighted by molar-refractivity contribution is 0.143. The van der Waals surface area contributed by atoms with Crippen LogP contribution in [-0.2, 0) is 23.0 Å². The first-order valence-corrected chi connectivity index (χ1v) is 9.46. The normalized spacial score (nSPS) is 14.8. The van der Waals surface area contributed by atoms with Crippen molar-refractivity contribution in [2.75, 3.05) is 6.54 Å². The van der Waals surface area contributed by atoms with Gasteiger partial charge in [-0.2, -0.15) is 4.31 Å². The maximum Gasteiger partial charge on any atom is 0.511 e. The van der Waals surface area contributed by atoms with E-state index < -0.39 is 16.2 Å². The second kappa shape index (κ2) is 6.84.